The van der Waals surface area contributed by atoms with Gasteiger partial charge in [-0.3, -0.25) is 0 Å². The first-order valence-electron chi connectivity index (χ1n) is 4.35. The van der Waals surface area contributed by atoms with Gasteiger partial charge < -0.3 is 0 Å². The van der Waals surface area contributed by atoms with Crippen LogP contribution in [0.4, 0.5) is 0 Å². The molecule has 3 rings (SSSR count). The zero-order valence-electron chi connectivity index (χ0n) is 7.24. The summed E-state index contributed by atoms with van der Waals surface area (Å²) >= 11 is 2.03. The van der Waals surface area contributed by atoms with Crippen molar-refractivity contribution in [1.29, 1.82) is 0 Å². The Labute approximate surface area is 91.5 Å². The molecule has 0 saturated heterocycles. The van der Waals surface area contributed by atoms with Crippen LogP contribution in [0.3, 0.4) is 0 Å². The molecular weight excluding hydrogens is 352 g/mol. The molecule has 0 aliphatic heterocycles. The van der Waals surface area contributed by atoms with Gasteiger partial charge in [-0.2, -0.15) is 0 Å². The molecule has 0 saturated carbocycles. The number of rotatable bonds is 0. The summed E-state index contributed by atoms with van der Waals surface area (Å²) in [6.07, 6.45) is 1.86. The van der Waals surface area contributed by atoms with Crippen LogP contribution in [0.25, 0.3) is 21.8 Å². The molecule has 0 aliphatic rings. The van der Waals surface area contributed by atoms with Crippen molar-refractivity contribution in [3.8, 4) is 0 Å². The average Bonchev–Trinajstić information content (AvgIpc) is 2.59. The van der Waals surface area contributed by atoms with Crippen molar-refractivity contribution in [1.82, 2.24) is 9.97 Å². The Hall–Kier alpha value is -1.18. The van der Waals surface area contributed by atoms with E-state index < -0.39 is 0 Å². The predicted molar refractivity (Wildman–Crippen MR) is 53.2 cm³/mol. The van der Waals surface area contributed by atoms with E-state index in [0.717, 1.165) is 9.72 Å². The van der Waals surface area contributed by atoms with E-state index in [1.165, 1.54) is 16.3 Å². The molecule has 70 valence electrons. The summed E-state index contributed by atoms with van der Waals surface area (Å²) < 4.78 is 1.05. The average molecular weight is 359 g/mol. The second-order valence-corrected chi connectivity index (χ2v) is 4.31. The van der Waals surface area contributed by atoms with E-state index in [2.05, 4.69) is 34.2 Å². The van der Waals surface area contributed by atoms with E-state index in [0.29, 0.717) is 0 Å². The first-order valence-corrected chi connectivity index (χ1v) is 5.55. The first-order chi connectivity index (χ1) is 6.86. The molecule has 0 fully saturated rings. The normalized spacial score (nSPS) is 11.3. The van der Waals surface area contributed by atoms with E-state index in [1.54, 1.807) is 0 Å². The Kier molecular flexibility index (Phi) is 1.69. The number of pyridine rings is 1. The number of nitrogens with one attached hydrogen (secondary N) is 1. The summed E-state index contributed by atoms with van der Waals surface area (Å²) in [4.78, 5) is 7.66. The fourth-order valence-corrected chi connectivity index (χ4v) is 2.38. The van der Waals surface area contributed by atoms with Crippen LogP contribution >= 0.6 is 0 Å². The molecule has 0 bridgehead atoms. The molecule has 0 unspecified atom stereocenters. The molecule has 3 heteroatoms. The predicted octanol–water partition coefficient (Wildman–Crippen LogP) is 1.89. The first kappa shape index (κ1) is 8.15. The number of hydrogen-bond donors (Lipinski definition) is 1. The summed E-state index contributed by atoms with van der Waals surface area (Å²) in [5.41, 5.74) is 2.33. The summed E-state index contributed by atoms with van der Waals surface area (Å²) in [5.74, 6) is 0. The van der Waals surface area contributed by atoms with Crippen LogP contribution in [0.2, 0.25) is 0 Å². The van der Waals surface area contributed by atoms with Gasteiger partial charge in [-0.25, -0.2) is 0 Å². The molecule has 0 spiro atoms. The molecule has 0 radical (unpaired) electrons. The van der Waals surface area contributed by atoms with Crippen molar-refractivity contribution in [2.24, 2.45) is 0 Å². The van der Waals surface area contributed by atoms with E-state index in [4.69, 9.17) is 0 Å². The Balaban J connectivity index is 2.63. The van der Waals surface area contributed by atoms with E-state index in [-0.39, 0.29) is 0 Å². The fraction of sp³-hybridized carbons (Fsp3) is 0. The van der Waals surface area contributed by atoms with Gasteiger partial charge in [-0.05, 0) is 0 Å². The van der Waals surface area contributed by atoms with Crippen molar-refractivity contribution < 1.29 is 18.9 Å². The number of benzene rings is 1. The van der Waals surface area contributed by atoms with Gasteiger partial charge in [-0.15, -0.1) is 0 Å². The summed E-state index contributed by atoms with van der Waals surface area (Å²) in [6.45, 7) is 0. The molecule has 1 N–H and O–H groups in total. The zero-order valence-corrected chi connectivity index (χ0v) is 9.64. The van der Waals surface area contributed by atoms with Gasteiger partial charge in [0, 0.05) is 0 Å². The maximum atomic E-state index is 4.27. The van der Waals surface area contributed by atoms with Crippen LogP contribution in [-0.4, -0.2) is 9.97 Å². The second-order valence-electron chi connectivity index (χ2n) is 3.17. The second kappa shape index (κ2) is 2.91. The van der Waals surface area contributed by atoms with Crippen molar-refractivity contribution >= 4 is 26.0 Å². The SMILES string of the molecule is [Ir][c]1nccc2c1[nH]c1ccccc12. The van der Waals surface area contributed by atoms with Crippen LogP contribution in [0, 0.1) is 0 Å². The number of para-hydroxylation sites is 1. The van der Waals surface area contributed by atoms with E-state index >= 15 is 0 Å². The van der Waals surface area contributed by atoms with Crippen LogP contribution in [0.5, 0.6) is 0 Å². The number of H-pyrrole nitrogens is 1. The molecule has 2 aromatic heterocycles. The molecular formula is C11H7IrN2. The molecule has 3 aromatic rings. The van der Waals surface area contributed by atoms with E-state index in [1.807, 2.05) is 31.2 Å². The Morgan fingerprint density at radius 1 is 1.07 bits per heavy atom. The number of fused-ring (bicyclic) bond motifs is 3. The zero-order chi connectivity index (χ0) is 9.54. The molecule has 0 atom stereocenters. The molecule has 14 heavy (non-hydrogen) atoms. The van der Waals surface area contributed by atoms with Crippen LogP contribution < -0.4 is 4.21 Å². The third-order valence-electron chi connectivity index (χ3n) is 2.36. The third-order valence-corrected chi connectivity index (χ3v) is 3.27. The minimum absolute atomic E-state index is 1.05. The monoisotopic (exact) mass is 360 g/mol. The molecule has 1 aromatic carbocycles. The minimum atomic E-state index is 1.05. The molecule has 2 nitrogen and oxygen atoms in total. The standard InChI is InChI=1S/C11H7N2.Ir/c1-2-4-10-8(3-1)9-5-6-12-7-11(9)13-10;/h1-6,13H;. The van der Waals surface area contributed by atoms with Crippen molar-refractivity contribution in [3.05, 3.63) is 36.5 Å². The number of hydrogen-bond acceptors (Lipinski definition) is 1. The Bertz CT molecular complexity index is 613. The van der Waals surface area contributed by atoms with Crippen LogP contribution in [0.1, 0.15) is 0 Å². The third kappa shape index (κ3) is 1.03. The number of aromatic nitrogens is 2. The fourth-order valence-electron chi connectivity index (χ4n) is 1.73. The van der Waals surface area contributed by atoms with Crippen LogP contribution in [0.15, 0.2) is 36.5 Å². The molecule has 0 aliphatic carbocycles. The maximum absolute atomic E-state index is 4.27. The number of nitrogens with zero attached hydrogens (tertiary/aromatic N) is 1. The molecule has 2 heterocycles. The topological polar surface area (TPSA) is 28.7 Å². The van der Waals surface area contributed by atoms with Gasteiger partial charge in [0.15, 0.2) is 0 Å². The van der Waals surface area contributed by atoms with Gasteiger partial charge in [-0.1, -0.05) is 0 Å². The number of aromatic amines is 1. The Morgan fingerprint density at radius 3 is 2.86 bits per heavy atom. The van der Waals surface area contributed by atoms with Crippen molar-refractivity contribution in [3.63, 3.8) is 0 Å². The van der Waals surface area contributed by atoms with Gasteiger partial charge in [0.1, 0.15) is 0 Å². The molecule has 0 amide bonds. The van der Waals surface area contributed by atoms with Gasteiger partial charge >= 0.3 is 91.4 Å². The van der Waals surface area contributed by atoms with Gasteiger partial charge in [0.05, 0.1) is 0 Å². The van der Waals surface area contributed by atoms with Crippen molar-refractivity contribution in [2.75, 3.05) is 0 Å². The van der Waals surface area contributed by atoms with Crippen LogP contribution in [-0.2, 0) is 18.9 Å². The van der Waals surface area contributed by atoms with Gasteiger partial charge in [0.2, 0.25) is 0 Å². The van der Waals surface area contributed by atoms with Crippen molar-refractivity contribution in [2.45, 2.75) is 0 Å². The van der Waals surface area contributed by atoms with E-state index in [9.17, 15) is 0 Å². The summed E-state index contributed by atoms with van der Waals surface area (Å²) in [6, 6.07) is 10.4. The quantitative estimate of drug-likeness (QED) is 0.653. The Morgan fingerprint density at radius 2 is 1.93 bits per heavy atom. The van der Waals surface area contributed by atoms with Gasteiger partial charge in [0.25, 0.3) is 0 Å². The summed E-state index contributed by atoms with van der Waals surface area (Å²) in [7, 11) is 0. The summed E-state index contributed by atoms with van der Waals surface area (Å²) in [5, 5.41) is 2.53.